The van der Waals surface area contributed by atoms with Crippen LogP contribution in [0, 0.1) is 0 Å². The Morgan fingerprint density at radius 1 is 0.625 bits per heavy atom. The lowest BCUT2D eigenvalue weighted by atomic mass is 9.96. The first-order valence-corrected chi connectivity index (χ1v) is 26.8. The molecular formula is C55H54Cl2F6N4O4Si. The molecule has 0 aliphatic rings. The van der Waals surface area contributed by atoms with Crippen LogP contribution < -0.4 is 9.47 Å². The fourth-order valence-electron chi connectivity index (χ4n) is 7.20. The van der Waals surface area contributed by atoms with Gasteiger partial charge < -0.3 is 23.9 Å². The Kier molecular flexibility index (Phi) is 17.7. The normalized spacial score (nSPS) is 12.2. The average Bonchev–Trinajstić information content (AvgIpc) is 3.97. The van der Waals surface area contributed by atoms with Crippen molar-refractivity contribution in [1.82, 2.24) is 19.9 Å². The van der Waals surface area contributed by atoms with Gasteiger partial charge in [-0.25, -0.2) is 9.97 Å². The van der Waals surface area contributed by atoms with Crippen LogP contribution >= 0.6 is 23.2 Å². The number of ether oxygens (including phenoxy) is 2. The molecule has 0 amide bonds. The second kappa shape index (κ2) is 23.3. The van der Waals surface area contributed by atoms with E-state index < -0.39 is 31.8 Å². The fourth-order valence-corrected chi connectivity index (χ4v) is 8.28. The highest BCUT2D eigenvalue weighted by molar-refractivity contribution is 6.74. The van der Waals surface area contributed by atoms with Crippen molar-refractivity contribution in [3.8, 4) is 33.8 Å². The minimum atomic E-state index is -4.38. The molecule has 0 saturated carbocycles. The van der Waals surface area contributed by atoms with Gasteiger partial charge >= 0.3 is 12.4 Å². The largest absolute Gasteiger partial charge is 0.543 e. The van der Waals surface area contributed by atoms with Gasteiger partial charge in [0.2, 0.25) is 8.32 Å². The minimum absolute atomic E-state index is 0.0733. The maximum absolute atomic E-state index is 12.8. The van der Waals surface area contributed by atoms with Gasteiger partial charge in [-0.3, -0.25) is 4.79 Å². The highest BCUT2D eigenvalue weighted by atomic mass is 35.5. The molecule has 17 heteroatoms. The lowest BCUT2D eigenvalue weighted by Crippen LogP contribution is -2.40. The summed E-state index contributed by atoms with van der Waals surface area (Å²) >= 11 is 9.53. The van der Waals surface area contributed by atoms with Crippen LogP contribution in [-0.4, -0.2) is 39.4 Å². The quantitative estimate of drug-likeness (QED) is 0.0392. The summed E-state index contributed by atoms with van der Waals surface area (Å²) in [6.07, 6.45) is -6.30. The van der Waals surface area contributed by atoms with E-state index in [1.165, 1.54) is 24.3 Å². The SMILES string of the molecule is C/C=C(\O[Si](C)(C)C(C)(C)C)c1ccccc1-c1ccc2nc(COc3ccc(C(F)(F)F)cc3)[nH]c2c1.CCC(=O)c1ccccc1-c1ccc2nc(COc3ccc(C(F)(F)F)cc3)[nH]c2c1.ClCCl. The summed E-state index contributed by atoms with van der Waals surface area (Å²) in [5.74, 6) is 2.74. The van der Waals surface area contributed by atoms with E-state index in [1.807, 2.05) is 92.7 Å². The van der Waals surface area contributed by atoms with Crippen molar-refractivity contribution in [3.05, 3.63) is 173 Å². The Bertz CT molecular complexity index is 3130. The smallest absolute Gasteiger partial charge is 0.416 e. The molecule has 0 aliphatic heterocycles. The van der Waals surface area contributed by atoms with E-state index in [-0.39, 0.29) is 29.4 Å². The Morgan fingerprint density at radius 3 is 1.42 bits per heavy atom. The number of nitrogens with zero attached hydrogens (tertiary/aromatic N) is 2. The predicted molar refractivity (Wildman–Crippen MR) is 278 cm³/mol. The Morgan fingerprint density at radius 2 is 1.03 bits per heavy atom. The third-order valence-corrected chi connectivity index (χ3v) is 16.3. The zero-order chi connectivity index (χ0) is 52.4. The molecule has 6 aromatic carbocycles. The molecule has 0 aliphatic carbocycles. The van der Waals surface area contributed by atoms with Crippen molar-refractivity contribution in [2.45, 2.75) is 84.7 Å². The number of fused-ring (bicyclic) bond motifs is 2. The zero-order valence-corrected chi connectivity index (χ0v) is 43.2. The highest BCUT2D eigenvalue weighted by Crippen LogP contribution is 2.41. The molecule has 2 aromatic heterocycles. The molecule has 0 saturated heterocycles. The third-order valence-electron chi connectivity index (χ3n) is 12.0. The average molecular weight is 1050 g/mol. The Labute approximate surface area is 425 Å². The molecule has 8 rings (SSSR count). The predicted octanol–water partition coefficient (Wildman–Crippen LogP) is 17.1. The van der Waals surface area contributed by atoms with Crippen LogP contribution in [-0.2, 0) is 30.0 Å². The molecule has 378 valence electrons. The molecule has 0 atom stereocenters. The number of rotatable bonds is 13. The van der Waals surface area contributed by atoms with Gasteiger partial charge in [0.05, 0.1) is 38.5 Å². The molecule has 2 N–H and O–H groups in total. The molecule has 8 nitrogen and oxygen atoms in total. The number of hydrogen-bond acceptors (Lipinski definition) is 6. The number of Topliss-reactive ketones (excluding diaryl/α,β-unsaturated/α-hetero) is 1. The molecule has 0 unspecified atom stereocenters. The number of halogens is 8. The van der Waals surface area contributed by atoms with Crippen LogP contribution in [0.15, 0.2) is 140 Å². The number of H-pyrrole nitrogens is 2. The number of carbonyl (C=O) groups is 1. The van der Waals surface area contributed by atoms with Crippen molar-refractivity contribution in [1.29, 1.82) is 0 Å². The molecule has 2 heterocycles. The second-order valence-electron chi connectivity index (χ2n) is 17.9. The van der Waals surface area contributed by atoms with Crippen molar-refractivity contribution in [3.63, 3.8) is 0 Å². The van der Waals surface area contributed by atoms with Gasteiger partial charge in [-0.2, -0.15) is 26.3 Å². The van der Waals surface area contributed by atoms with E-state index in [4.69, 9.17) is 37.1 Å². The summed E-state index contributed by atoms with van der Waals surface area (Å²) in [5.41, 5.74) is 7.23. The highest BCUT2D eigenvalue weighted by Gasteiger charge is 2.40. The summed E-state index contributed by atoms with van der Waals surface area (Å²) in [4.78, 5) is 27.8. The first-order valence-electron chi connectivity index (χ1n) is 22.8. The van der Waals surface area contributed by atoms with Gasteiger partial charge in [-0.1, -0.05) is 88.4 Å². The van der Waals surface area contributed by atoms with Crippen LogP contribution in [0.25, 0.3) is 50.1 Å². The van der Waals surface area contributed by atoms with E-state index in [1.54, 1.807) is 0 Å². The number of nitrogens with one attached hydrogen (secondary N) is 2. The van der Waals surface area contributed by atoms with Crippen LogP contribution in [0.2, 0.25) is 18.1 Å². The summed E-state index contributed by atoms with van der Waals surface area (Å²) in [6, 6.07) is 36.5. The van der Waals surface area contributed by atoms with Gasteiger partial charge in [0.15, 0.2) is 5.78 Å². The van der Waals surface area contributed by atoms with Crippen molar-refractivity contribution >= 4 is 65.1 Å². The van der Waals surface area contributed by atoms with Crippen molar-refractivity contribution < 1.29 is 45.0 Å². The van der Waals surface area contributed by atoms with Gasteiger partial charge in [0.25, 0.3) is 0 Å². The lowest BCUT2D eigenvalue weighted by Gasteiger charge is -2.37. The molecule has 72 heavy (non-hydrogen) atoms. The number of carbonyl (C=O) groups excluding carboxylic acids is 1. The first kappa shape index (κ1) is 54.8. The van der Waals surface area contributed by atoms with E-state index in [0.29, 0.717) is 35.1 Å². The number of aromatic nitrogens is 4. The molecule has 0 fully saturated rings. The zero-order valence-electron chi connectivity index (χ0n) is 40.7. The van der Waals surface area contributed by atoms with E-state index >= 15 is 0 Å². The van der Waals surface area contributed by atoms with Gasteiger partial charge in [-0.15, -0.1) is 23.2 Å². The number of ketones is 1. The van der Waals surface area contributed by atoms with Gasteiger partial charge in [0, 0.05) is 17.5 Å². The molecule has 8 aromatic rings. The number of aromatic amines is 2. The van der Waals surface area contributed by atoms with Crippen molar-refractivity contribution in [2.75, 3.05) is 5.34 Å². The first-order chi connectivity index (χ1) is 34.0. The Hall–Kier alpha value is -6.55. The minimum Gasteiger partial charge on any atom is -0.543 e. The van der Waals surface area contributed by atoms with Crippen LogP contribution in [0.5, 0.6) is 11.5 Å². The summed E-state index contributed by atoms with van der Waals surface area (Å²) in [5, 5.41) is 0.268. The maximum atomic E-state index is 12.8. The Balaban J connectivity index is 0.000000227. The number of allylic oxidation sites excluding steroid dienone is 1. The second-order valence-corrected chi connectivity index (χ2v) is 23.5. The van der Waals surface area contributed by atoms with Crippen LogP contribution in [0.1, 0.15) is 79.7 Å². The summed E-state index contributed by atoms with van der Waals surface area (Å²) in [6.45, 7) is 15.2. The van der Waals surface area contributed by atoms with Crippen LogP contribution in [0.4, 0.5) is 26.3 Å². The summed E-state index contributed by atoms with van der Waals surface area (Å²) in [7, 11) is -2.04. The van der Waals surface area contributed by atoms with E-state index in [9.17, 15) is 31.1 Å². The van der Waals surface area contributed by atoms with E-state index in [0.717, 1.165) is 79.9 Å². The monoisotopic (exact) mass is 1050 g/mol. The van der Waals surface area contributed by atoms with E-state index in [2.05, 4.69) is 65.9 Å². The molecule has 0 radical (unpaired) electrons. The fraction of sp³-hybridized carbons (Fsp3) is 0.255. The summed E-state index contributed by atoms with van der Waals surface area (Å²) < 4.78 is 94.3. The number of hydrogen-bond donors (Lipinski definition) is 2. The number of alkyl halides is 8. The lowest BCUT2D eigenvalue weighted by molar-refractivity contribution is -0.138. The number of imidazole rings is 2. The maximum Gasteiger partial charge on any atom is 0.416 e. The van der Waals surface area contributed by atoms with Crippen LogP contribution in [0.3, 0.4) is 0 Å². The standard InChI is InChI=1S/C30H33F3N2O2Si.C24H19F3N2O2.CH2Cl2/c1-7-27(37-38(5,6)29(2,3)4)24-11-9-8-10-23(24)20-12-17-25-26(18-20)35-28(34-25)19-36-22-15-13-21(14-16-22)30(31,32)33;1-2-22(30)19-6-4-3-5-18(19)15-7-12-20-21(13-15)29-23(28-20)14-31-17-10-8-16(9-11-17)24(25,26)27;2-1-3/h7-18H,19H2,1-6H3,(H,34,35);3-13H,2,14H2,1H3,(H,28,29);1H2/b27-7-;;. The third kappa shape index (κ3) is 13.9. The van der Waals surface area contributed by atoms with Gasteiger partial charge in [0.1, 0.15) is 42.1 Å². The van der Waals surface area contributed by atoms with Gasteiger partial charge in [-0.05, 0) is 126 Å². The molecule has 0 bridgehead atoms. The topological polar surface area (TPSA) is 102 Å². The number of benzene rings is 6. The molecule has 0 spiro atoms. The molecular weight excluding hydrogens is 994 g/mol. The van der Waals surface area contributed by atoms with Crippen molar-refractivity contribution in [2.24, 2.45) is 0 Å².